The van der Waals surface area contributed by atoms with Crippen molar-refractivity contribution in [2.75, 3.05) is 9.80 Å². The number of anilines is 4. The molecule has 6 heteroatoms. The van der Waals surface area contributed by atoms with Gasteiger partial charge in [-0.2, -0.15) is 12.1 Å². The summed E-state index contributed by atoms with van der Waals surface area (Å²) in [5.74, 6) is 1.97. The second-order valence-electron chi connectivity index (χ2n) is 30.1. The molecule has 472 valence electrons. The summed E-state index contributed by atoms with van der Waals surface area (Å²) >= 11 is 0. The first kappa shape index (κ1) is 61.6. The molecule has 0 saturated carbocycles. The van der Waals surface area contributed by atoms with Crippen LogP contribution in [0.25, 0.3) is 83.3 Å². The fourth-order valence-corrected chi connectivity index (χ4v) is 15.2. The molecule has 0 N–H and O–H groups in total. The van der Waals surface area contributed by atoms with Crippen LogP contribution >= 0.6 is 0 Å². The second kappa shape index (κ2) is 22.6. The summed E-state index contributed by atoms with van der Waals surface area (Å²) in [4.78, 5) is 10.1. The maximum absolute atomic E-state index is 7.10. The Balaban J connectivity index is 0.00000743. The molecule has 3 heterocycles. The smallest absolute Gasteiger partial charge is 0.135 e. The van der Waals surface area contributed by atoms with Gasteiger partial charge in [0, 0.05) is 78.0 Å². The topological polar surface area (TPSA) is 33.5 Å². The van der Waals surface area contributed by atoms with Crippen molar-refractivity contribution in [3.05, 3.63) is 306 Å². The van der Waals surface area contributed by atoms with Crippen molar-refractivity contribution in [3.8, 4) is 73.0 Å². The molecule has 95 heavy (non-hydrogen) atoms. The minimum absolute atomic E-state index is 0. The van der Waals surface area contributed by atoms with Gasteiger partial charge in [0.15, 0.2) is 0 Å². The number of benzene rings is 11. The fraction of sp³-hybridized carbons (Fsp3) is 0.191. The Hall–Kier alpha value is -9.54. The van der Waals surface area contributed by atoms with Gasteiger partial charge in [-0.05, 0) is 135 Å². The van der Waals surface area contributed by atoms with Crippen LogP contribution in [0.1, 0.15) is 128 Å². The standard InChI is InChI=1S/C89H77N4O.Pt/c1-85(2,3)59-42-40-57(41-43-59)71-54-90-81(53-76(71)88(10,11)12)93-79-47-46-75-82(69-32-18-21-37-74(69)89(75)72-35-19-16-30-67(72)68-31-17-20-36-73(68)89)83(79)70-45-44-64(52-80(70)93)94-63-29-24-28-62(51-63)91-55-92(78-39-23-22-38-77(78)91)84-65(56-26-14-13-15-27-56)33-25-34-66(84)58-48-60(86(4,5)6)50-61(49-58)87(7,8)9;/h13-50,53-55H,1-12H3;/q-3;. The van der Waals surface area contributed by atoms with Gasteiger partial charge in [-0.15, -0.1) is 48.1 Å². The van der Waals surface area contributed by atoms with Crippen molar-refractivity contribution in [1.29, 1.82) is 0 Å². The third-order valence-corrected chi connectivity index (χ3v) is 20.0. The van der Waals surface area contributed by atoms with E-state index in [0.717, 1.165) is 78.2 Å². The zero-order valence-electron chi connectivity index (χ0n) is 56.2. The zero-order chi connectivity index (χ0) is 64.8. The van der Waals surface area contributed by atoms with Crippen LogP contribution < -0.4 is 14.5 Å². The van der Waals surface area contributed by atoms with E-state index in [-0.39, 0.29) is 42.7 Å². The molecule has 0 atom stereocenters. The molecular weight excluding hydrogens is 1340 g/mol. The molecule has 2 aliphatic carbocycles. The van der Waals surface area contributed by atoms with Gasteiger partial charge >= 0.3 is 0 Å². The number of fused-ring (bicyclic) bond motifs is 15. The first-order valence-corrected chi connectivity index (χ1v) is 33.2. The molecule has 0 fully saturated rings. The molecule has 2 aromatic heterocycles. The van der Waals surface area contributed by atoms with Crippen LogP contribution in [0.15, 0.2) is 243 Å². The number of hydrogen-bond donors (Lipinski definition) is 0. The Morgan fingerprint density at radius 2 is 0.947 bits per heavy atom. The van der Waals surface area contributed by atoms with Crippen molar-refractivity contribution in [2.24, 2.45) is 0 Å². The third kappa shape index (κ3) is 10.0. The molecule has 0 radical (unpaired) electrons. The van der Waals surface area contributed by atoms with E-state index in [4.69, 9.17) is 9.72 Å². The van der Waals surface area contributed by atoms with E-state index in [1.807, 2.05) is 6.07 Å². The van der Waals surface area contributed by atoms with Crippen LogP contribution in [0.4, 0.5) is 22.7 Å². The van der Waals surface area contributed by atoms with Gasteiger partial charge in [0.05, 0.1) is 5.41 Å². The number of rotatable bonds is 8. The van der Waals surface area contributed by atoms with Gasteiger partial charge in [0.1, 0.15) is 5.82 Å². The number of aromatic nitrogens is 2. The summed E-state index contributed by atoms with van der Waals surface area (Å²) in [6, 6.07) is 95.0. The van der Waals surface area contributed by atoms with Gasteiger partial charge in [-0.1, -0.05) is 271 Å². The Kier molecular flexibility index (Phi) is 14.6. The second-order valence-corrected chi connectivity index (χ2v) is 30.1. The van der Waals surface area contributed by atoms with E-state index < -0.39 is 5.41 Å². The number of ether oxygens (including phenoxy) is 1. The SMILES string of the molecule is CC(C)(C)c1ccc(-c2cnc(-n3c4[c-]c(Oc5[c-]c(N6[CH-]N(c7c(-c8ccccc8)cccc7-c7cc(C(C)(C)C)cc(C(C)(C)C)c7)c7ccccc76)ccc5)ccc4c4c5c(ccc43)C3(c4ccccc4-c4ccccc43)c3ccccc3-5)cc2C(C)(C)C)cc1.[Pt]. The maximum Gasteiger partial charge on any atom is 0.135 e. The molecule has 11 aromatic carbocycles. The minimum Gasteiger partial charge on any atom is -0.509 e. The molecule has 13 aromatic rings. The number of para-hydroxylation sites is 3. The van der Waals surface area contributed by atoms with Crippen LogP contribution in [0.3, 0.4) is 0 Å². The zero-order valence-corrected chi connectivity index (χ0v) is 58.5. The largest absolute Gasteiger partial charge is 0.509 e. The van der Waals surface area contributed by atoms with Crippen LogP contribution in [-0.4, -0.2) is 9.55 Å². The van der Waals surface area contributed by atoms with E-state index in [1.165, 1.54) is 72.3 Å². The van der Waals surface area contributed by atoms with Crippen molar-refractivity contribution in [1.82, 2.24) is 9.55 Å². The van der Waals surface area contributed by atoms with Gasteiger partial charge in [-0.25, -0.2) is 4.98 Å². The van der Waals surface area contributed by atoms with Crippen molar-refractivity contribution in [3.63, 3.8) is 0 Å². The molecule has 1 aliphatic heterocycles. The Morgan fingerprint density at radius 1 is 0.411 bits per heavy atom. The van der Waals surface area contributed by atoms with Crippen molar-refractivity contribution >= 4 is 44.6 Å². The molecule has 0 bridgehead atoms. The molecule has 16 rings (SSSR count). The van der Waals surface area contributed by atoms with E-state index in [9.17, 15) is 0 Å². The molecule has 0 saturated heterocycles. The first-order chi connectivity index (χ1) is 45.1. The van der Waals surface area contributed by atoms with Crippen molar-refractivity contribution in [2.45, 2.75) is 110 Å². The van der Waals surface area contributed by atoms with Gasteiger partial charge in [0.25, 0.3) is 0 Å². The number of hydrogen-bond acceptors (Lipinski definition) is 4. The Morgan fingerprint density at radius 3 is 1.58 bits per heavy atom. The van der Waals surface area contributed by atoms with Crippen LogP contribution in [0.5, 0.6) is 11.5 Å². The van der Waals surface area contributed by atoms with Crippen LogP contribution in [-0.2, 0) is 48.1 Å². The van der Waals surface area contributed by atoms with E-state index in [1.54, 1.807) is 0 Å². The fourth-order valence-electron chi connectivity index (χ4n) is 15.2. The Bertz CT molecular complexity index is 5120. The van der Waals surface area contributed by atoms with Crippen LogP contribution in [0, 0.1) is 18.8 Å². The predicted molar refractivity (Wildman–Crippen MR) is 392 cm³/mol. The molecule has 0 unspecified atom stereocenters. The first-order valence-electron chi connectivity index (χ1n) is 33.2. The van der Waals surface area contributed by atoms with Gasteiger partial charge in [-0.3, -0.25) is 0 Å². The molecule has 3 aliphatic rings. The third-order valence-electron chi connectivity index (χ3n) is 20.0. The van der Waals surface area contributed by atoms with E-state index in [2.05, 4.69) is 353 Å². The van der Waals surface area contributed by atoms with E-state index >= 15 is 0 Å². The summed E-state index contributed by atoms with van der Waals surface area (Å²) in [7, 11) is 0. The average molecular weight is 1410 g/mol. The minimum atomic E-state index is -0.511. The molecule has 1 spiro atoms. The normalized spacial score (nSPS) is 13.8. The molecule has 0 amide bonds. The van der Waals surface area contributed by atoms with Gasteiger partial charge < -0.3 is 19.1 Å². The number of pyridine rings is 1. The summed E-state index contributed by atoms with van der Waals surface area (Å²) < 4.78 is 9.43. The van der Waals surface area contributed by atoms with E-state index in [0.29, 0.717) is 11.5 Å². The summed E-state index contributed by atoms with van der Waals surface area (Å²) in [6.45, 7) is 29.8. The van der Waals surface area contributed by atoms with Crippen LogP contribution in [0.2, 0.25) is 0 Å². The number of nitrogens with zero attached hydrogens (tertiary/aromatic N) is 4. The Labute approximate surface area is 575 Å². The summed E-state index contributed by atoms with van der Waals surface area (Å²) in [5.41, 5.74) is 27.5. The monoisotopic (exact) mass is 1410 g/mol. The average Bonchev–Trinajstić information content (AvgIpc) is 1.50. The van der Waals surface area contributed by atoms with Gasteiger partial charge in [0.2, 0.25) is 0 Å². The summed E-state index contributed by atoms with van der Waals surface area (Å²) in [5, 5.41) is 2.24. The van der Waals surface area contributed by atoms with Crippen molar-refractivity contribution < 1.29 is 25.8 Å². The quantitative estimate of drug-likeness (QED) is 0.142. The summed E-state index contributed by atoms with van der Waals surface area (Å²) in [6.07, 6.45) is 2.09. The molecule has 5 nitrogen and oxygen atoms in total. The molecular formula is C89H77N4OPt-3. The predicted octanol–water partition coefficient (Wildman–Crippen LogP) is 23.5. The maximum atomic E-state index is 7.10.